The summed E-state index contributed by atoms with van der Waals surface area (Å²) in [7, 11) is 0. The zero-order chi connectivity index (χ0) is 15.5. The van der Waals surface area contributed by atoms with Gasteiger partial charge in [0.1, 0.15) is 0 Å². The van der Waals surface area contributed by atoms with Gasteiger partial charge in [0.25, 0.3) is 0 Å². The van der Waals surface area contributed by atoms with Gasteiger partial charge in [-0.1, -0.05) is 19.9 Å². The van der Waals surface area contributed by atoms with Crippen molar-refractivity contribution in [2.75, 3.05) is 23.7 Å². The Balaban J connectivity index is 2.13. The highest BCUT2D eigenvalue weighted by molar-refractivity contribution is 5.97. The maximum absolute atomic E-state index is 12.7. The van der Waals surface area contributed by atoms with E-state index in [1.807, 2.05) is 12.1 Å². The molecule has 21 heavy (non-hydrogen) atoms. The molecule has 114 valence electrons. The van der Waals surface area contributed by atoms with Crippen LogP contribution in [0, 0.1) is 11.3 Å². The monoisotopic (exact) mass is 289 g/mol. The molecule has 2 rings (SSSR count). The predicted octanol–water partition coefficient (Wildman–Crippen LogP) is 2.22. The average molecular weight is 289 g/mol. The van der Waals surface area contributed by atoms with Crippen LogP contribution in [0.5, 0.6) is 0 Å². The number of benzene rings is 1. The van der Waals surface area contributed by atoms with Gasteiger partial charge in [-0.3, -0.25) is 9.59 Å². The maximum atomic E-state index is 12.7. The van der Waals surface area contributed by atoms with Gasteiger partial charge in [-0.15, -0.1) is 0 Å². The molecule has 1 fully saturated rings. The normalized spacial score (nSPS) is 21.3. The molecule has 1 saturated heterocycles. The van der Waals surface area contributed by atoms with Crippen LogP contribution in [-0.4, -0.2) is 24.9 Å². The van der Waals surface area contributed by atoms with E-state index in [4.69, 9.17) is 0 Å². The van der Waals surface area contributed by atoms with E-state index in [2.05, 4.69) is 29.8 Å². The van der Waals surface area contributed by atoms with Crippen LogP contribution in [0.15, 0.2) is 24.3 Å². The molecule has 5 heteroatoms. The zero-order valence-electron chi connectivity index (χ0n) is 12.8. The Morgan fingerprint density at radius 3 is 2.43 bits per heavy atom. The lowest BCUT2D eigenvalue weighted by Crippen LogP contribution is -2.42. The highest BCUT2D eigenvalue weighted by Gasteiger charge is 2.43. The average Bonchev–Trinajstić information content (AvgIpc) is 2.88. The summed E-state index contributed by atoms with van der Waals surface area (Å²) in [5.41, 5.74) is 1.03. The number of amides is 2. The molecule has 2 amide bonds. The summed E-state index contributed by atoms with van der Waals surface area (Å²) in [6, 6.07) is 7.22. The van der Waals surface area contributed by atoms with Crippen molar-refractivity contribution in [3.63, 3.8) is 0 Å². The van der Waals surface area contributed by atoms with E-state index in [-0.39, 0.29) is 23.1 Å². The van der Waals surface area contributed by atoms with Gasteiger partial charge < -0.3 is 16.0 Å². The van der Waals surface area contributed by atoms with Crippen LogP contribution in [-0.2, 0) is 9.59 Å². The molecular weight excluding hydrogens is 266 g/mol. The number of hydrogen-bond acceptors (Lipinski definition) is 3. The summed E-state index contributed by atoms with van der Waals surface area (Å²) >= 11 is 0. The number of rotatable bonds is 4. The first-order valence-electron chi connectivity index (χ1n) is 7.34. The summed E-state index contributed by atoms with van der Waals surface area (Å²) in [4.78, 5) is 23.8. The van der Waals surface area contributed by atoms with Crippen molar-refractivity contribution in [1.82, 2.24) is 5.32 Å². The van der Waals surface area contributed by atoms with E-state index in [9.17, 15) is 9.59 Å². The van der Waals surface area contributed by atoms with Crippen LogP contribution in [0.4, 0.5) is 11.4 Å². The van der Waals surface area contributed by atoms with E-state index in [0.29, 0.717) is 17.9 Å². The van der Waals surface area contributed by atoms with Crippen LogP contribution in [0.2, 0.25) is 0 Å². The molecule has 1 aromatic rings. The predicted molar refractivity (Wildman–Crippen MR) is 84.1 cm³/mol. The molecule has 0 aliphatic carbocycles. The van der Waals surface area contributed by atoms with Crippen LogP contribution in [0.3, 0.4) is 0 Å². The third-order valence-electron chi connectivity index (χ3n) is 4.19. The lowest BCUT2D eigenvalue weighted by molar-refractivity contribution is -0.126. The topological polar surface area (TPSA) is 70.2 Å². The summed E-state index contributed by atoms with van der Waals surface area (Å²) in [5.74, 6) is 0.186. The molecule has 1 aliphatic heterocycles. The molecule has 0 radical (unpaired) electrons. The van der Waals surface area contributed by atoms with Gasteiger partial charge in [-0.05, 0) is 37.1 Å². The second kappa shape index (κ2) is 6.26. The van der Waals surface area contributed by atoms with Crippen molar-refractivity contribution in [3.8, 4) is 0 Å². The Kier molecular flexibility index (Phi) is 4.63. The number of carbonyl (C=O) groups is 2. The Labute approximate surface area is 125 Å². The molecule has 0 spiro atoms. The molecular formula is C16H23N3O2. The van der Waals surface area contributed by atoms with Crippen LogP contribution in [0.1, 0.15) is 27.2 Å². The third kappa shape index (κ3) is 3.42. The largest absolute Gasteiger partial charge is 0.326 e. The van der Waals surface area contributed by atoms with Gasteiger partial charge in [-0.2, -0.15) is 0 Å². The Hall–Kier alpha value is -1.88. The van der Waals surface area contributed by atoms with Crippen molar-refractivity contribution in [2.45, 2.75) is 27.2 Å². The van der Waals surface area contributed by atoms with E-state index < -0.39 is 0 Å². The van der Waals surface area contributed by atoms with Gasteiger partial charge >= 0.3 is 0 Å². The maximum Gasteiger partial charge on any atom is 0.232 e. The Morgan fingerprint density at radius 1 is 1.24 bits per heavy atom. The molecule has 1 aliphatic rings. The zero-order valence-corrected chi connectivity index (χ0v) is 12.8. The lowest BCUT2D eigenvalue weighted by atomic mass is 9.75. The first kappa shape index (κ1) is 15.5. The fourth-order valence-corrected chi connectivity index (χ4v) is 2.79. The molecule has 1 unspecified atom stereocenters. The number of anilines is 2. The summed E-state index contributed by atoms with van der Waals surface area (Å²) < 4.78 is 0. The highest BCUT2D eigenvalue weighted by Crippen LogP contribution is 2.35. The van der Waals surface area contributed by atoms with E-state index in [0.717, 1.165) is 13.0 Å². The van der Waals surface area contributed by atoms with Crippen molar-refractivity contribution < 1.29 is 9.59 Å². The summed E-state index contributed by atoms with van der Waals surface area (Å²) in [5, 5.41) is 8.99. The first-order valence-corrected chi connectivity index (χ1v) is 7.34. The second-order valence-corrected chi connectivity index (χ2v) is 5.95. The Bertz CT molecular complexity index is 534. The fourth-order valence-electron chi connectivity index (χ4n) is 2.79. The standard InChI is InChI=1S/C16H23N3O2/c1-11(2)16(7-8-17-10-16)15(21)19-14-6-4-5-13(9-14)18-12(3)20/h4-6,9,11,17H,7-8,10H2,1-3H3,(H,18,20)(H,19,21). The first-order chi connectivity index (χ1) is 9.94. The van der Waals surface area contributed by atoms with E-state index in [1.165, 1.54) is 6.92 Å². The van der Waals surface area contributed by atoms with Gasteiger partial charge in [0.05, 0.1) is 5.41 Å². The third-order valence-corrected chi connectivity index (χ3v) is 4.19. The van der Waals surface area contributed by atoms with Gasteiger partial charge in [0, 0.05) is 24.8 Å². The lowest BCUT2D eigenvalue weighted by Gasteiger charge is -2.31. The van der Waals surface area contributed by atoms with Crippen molar-refractivity contribution in [2.24, 2.45) is 11.3 Å². The van der Waals surface area contributed by atoms with E-state index >= 15 is 0 Å². The minimum atomic E-state index is -0.357. The molecule has 0 saturated carbocycles. The van der Waals surface area contributed by atoms with Crippen molar-refractivity contribution >= 4 is 23.2 Å². The van der Waals surface area contributed by atoms with Crippen molar-refractivity contribution in [1.29, 1.82) is 0 Å². The van der Waals surface area contributed by atoms with Gasteiger partial charge in [0.2, 0.25) is 11.8 Å². The van der Waals surface area contributed by atoms with Crippen LogP contribution >= 0.6 is 0 Å². The Morgan fingerprint density at radius 2 is 1.90 bits per heavy atom. The van der Waals surface area contributed by atoms with Gasteiger partial charge in [-0.25, -0.2) is 0 Å². The van der Waals surface area contributed by atoms with Gasteiger partial charge in [0.15, 0.2) is 0 Å². The van der Waals surface area contributed by atoms with Crippen LogP contribution in [0.25, 0.3) is 0 Å². The molecule has 0 bridgehead atoms. The quantitative estimate of drug-likeness (QED) is 0.796. The summed E-state index contributed by atoms with van der Waals surface area (Å²) in [6.07, 6.45) is 0.849. The van der Waals surface area contributed by atoms with E-state index in [1.54, 1.807) is 12.1 Å². The highest BCUT2D eigenvalue weighted by atomic mass is 16.2. The SMILES string of the molecule is CC(=O)Nc1cccc(NC(=O)C2(C(C)C)CCNC2)c1. The van der Waals surface area contributed by atoms with Crippen LogP contribution < -0.4 is 16.0 Å². The molecule has 0 aromatic heterocycles. The minimum Gasteiger partial charge on any atom is -0.326 e. The molecule has 1 heterocycles. The molecule has 1 atom stereocenters. The fraction of sp³-hybridized carbons (Fsp3) is 0.500. The number of carbonyl (C=O) groups excluding carboxylic acids is 2. The molecule has 3 N–H and O–H groups in total. The molecule has 1 aromatic carbocycles. The smallest absolute Gasteiger partial charge is 0.232 e. The number of hydrogen-bond donors (Lipinski definition) is 3. The second-order valence-electron chi connectivity index (χ2n) is 5.95. The minimum absolute atomic E-state index is 0.0440. The van der Waals surface area contributed by atoms with Crippen molar-refractivity contribution in [3.05, 3.63) is 24.3 Å². The molecule has 5 nitrogen and oxygen atoms in total. The number of nitrogens with one attached hydrogen (secondary N) is 3. The summed E-state index contributed by atoms with van der Waals surface area (Å²) in [6.45, 7) is 7.21.